The number of hydrogen-bond acceptors (Lipinski definition) is 8. The maximum absolute atomic E-state index is 12.8. The van der Waals surface area contributed by atoms with Gasteiger partial charge in [0.05, 0.1) is 17.7 Å². The molecule has 168 valence electrons. The fourth-order valence-corrected chi connectivity index (χ4v) is 5.14. The zero-order chi connectivity index (χ0) is 22.8. The second-order valence-corrected chi connectivity index (χ2v) is 8.95. The van der Waals surface area contributed by atoms with Gasteiger partial charge in [-0.15, -0.1) is 11.3 Å². The number of carbonyl (C=O) groups excluding carboxylic acids is 3. The third kappa shape index (κ3) is 4.38. The molecular formula is C23H24N2O6S. The topological polar surface area (TPSA) is 108 Å². The van der Waals surface area contributed by atoms with Gasteiger partial charge in [-0.05, 0) is 62.8 Å². The summed E-state index contributed by atoms with van der Waals surface area (Å²) < 4.78 is 15.8. The van der Waals surface area contributed by atoms with E-state index in [9.17, 15) is 14.4 Å². The molecule has 1 aliphatic rings. The minimum absolute atomic E-state index is 0.247. The molecule has 0 saturated heterocycles. The normalized spacial score (nSPS) is 16.3. The maximum Gasteiger partial charge on any atom is 0.341 e. The molecule has 0 spiro atoms. The summed E-state index contributed by atoms with van der Waals surface area (Å²) in [6.45, 7) is 5.65. The van der Waals surface area contributed by atoms with E-state index in [1.54, 1.807) is 19.1 Å². The Kier molecular flexibility index (Phi) is 6.27. The van der Waals surface area contributed by atoms with E-state index in [4.69, 9.17) is 13.9 Å². The number of nitrogens with zero attached hydrogens (tertiary/aromatic N) is 1. The SMILES string of the molecule is CCOC(=O)c1c(NC(=O)C(C)OC(=O)c2ccc3ncoc3c2)sc2c1CCC(C)C2. The van der Waals surface area contributed by atoms with Crippen molar-refractivity contribution in [3.63, 3.8) is 0 Å². The number of amides is 1. The van der Waals surface area contributed by atoms with Crippen LogP contribution in [0, 0.1) is 5.92 Å². The third-order valence-electron chi connectivity index (χ3n) is 5.45. The predicted octanol–water partition coefficient (Wildman–Crippen LogP) is 4.37. The van der Waals surface area contributed by atoms with Crippen molar-refractivity contribution in [2.75, 3.05) is 11.9 Å². The quantitative estimate of drug-likeness (QED) is 0.549. The number of benzene rings is 1. The molecule has 1 aromatic carbocycles. The van der Waals surface area contributed by atoms with Crippen molar-refractivity contribution in [1.82, 2.24) is 4.98 Å². The molecule has 2 aromatic heterocycles. The number of rotatable bonds is 6. The Morgan fingerprint density at radius 2 is 2.12 bits per heavy atom. The molecule has 0 saturated carbocycles. The molecule has 2 heterocycles. The highest BCUT2D eigenvalue weighted by Crippen LogP contribution is 2.40. The van der Waals surface area contributed by atoms with Crippen molar-refractivity contribution in [3.05, 3.63) is 46.2 Å². The smallest absolute Gasteiger partial charge is 0.341 e. The van der Waals surface area contributed by atoms with Crippen molar-refractivity contribution in [2.24, 2.45) is 5.92 Å². The molecule has 1 N–H and O–H groups in total. The average molecular weight is 457 g/mol. The van der Waals surface area contributed by atoms with Crippen LogP contribution in [0.5, 0.6) is 0 Å². The van der Waals surface area contributed by atoms with Crippen LogP contribution in [0.1, 0.15) is 58.3 Å². The molecule has 8 nitrogen and oxygen atoms in total. The minimum Gasteiger partial charge on any atom is -0.462 e. The molecule has 4 rings (SSSR count). The van der Waals surface area contributed by atoms with E-state index in [0.717, 1.165) is 29.7 Å². The molecule has 2 unspecified atom stereocenters. The van der Waals surface area contributed by atoms with Crippen LogP contribution in [0.2, 0.25) is 0 Å². The molecule has 32 heavy (non-hydrogen) atoms. The molecule has 1 aliphatic carbocycles. The number of esters is 2. The van der Waals surface area contributed by atoms with Gasteiger partial charge in [-0.25, -0.2) is 14.6 Å². The lowest BCUT2D eigenvalue weighted by molar-refractivity contribution is -0.123. The molecule has 0 radical (unpaired) electrons. The highest BCUT2D eigenvalue weighted by atomic mass is 32.1. The van der Waals surface area contributed by atoms with Gasteiger partial charge in [0, 0.05) is 4.88 Å². The molecule has 2 atom stereocenters. The van der Waals surface area contributed by atoms with Crippen LogP contribution in [0.3, 0.4) is 0 Å². The zero-order valence-corrected chi connectivity index (χ0v) is 18.9. The lowest BCUT2D eigenvalue weighted by Gasteiger charge is -2.18. The summed E-state index contributed by atoms with van der Waals surface area (Å²) in [5.41, 5.74) is 2.69. The first-order chi connectivity index (χ1) is 15.4. The molecule has 0 fully saturated rings. The van der Waals surface area contributed by atoms with Crippen LogP contribution in [0.25, 0.3) is 11.1 Å². The number of fused-ring (bicyclic) bond motifs is 2. The van der Waals surface area contributed by atoms with Crippen molar-refractivity contribution in [2.45, 2.75) is 46.1 Å². The van der Waals surface area contributed by atoms with Gasteiger partial charge < -0.3 is 19.2 Å². The Balaban J connectivity index is 1.50. The van der Waals surface area contributed by atoms with Crippen LogP contribution in [-0.4, -0.2) is 35.5 Å². The van der Waals surface area contributed by atoms with Gasteiger partial charge in [0.1, 0.15) is 10.5 Å². The summed E-state index contributed by atoms with van der Waals surface area (Å²) in [7, 11) is 0. The molecule has 0 aliphatic heterocycles. The first kappa shape index (κ1) is 22.0. The first-order valence-electron chi connectivity index (χ1n) is 10.5. The minimum atomic E-state index is -1.07. The van der Waals surface area contributed by atoms with Crippen LogP contribution in [0.4, 0.5) is 5.00 Å². The number of carbonyl (C=O) groups is 3. The van der Waals surface area contributed by atoms with Gasteiger partial charge in [-0.2, -0.15) is 0 Å². The Hall–Kier alpha value is -3.20. The van der Waals surface area contributed by atoms with Crippen LogP contribution in [-0.2, 0) is 27.1 Å². The van der Waals surface area contributed by atoms with Gasteiger partial charge in [0.25, 0.3) is 5.91 Å². The van der Waals surface area contributed by atoms with E-state index in [0.29, 0.717) is 27.6 Å². The number of hydrogen-bond donors (Lipinski definition) is 1. The van der Waals surface area contributed by atoms with Crippen molar-refractivity contribution in [3.8, 4) is 0 Å². The number of thiophene rings is 1. The second-order valence-electron chi connectivity index (χ2n) is 7.85. The van der Waals surface area contributed by atoms with Crippen LogP contribution in [0.15, 0.2) is 29.0 Å². The fraction of sp³-hybridized carbons (Fsp3) is 0.391. The van der Waals surface area contributed by atoms with Crippen molar-refractivity contribution < 1.29 is 28.3 Å². The van der Waals surface area contributed by atoms with Gasteiger partial charge in [-0.1, -0.05) is 6.92 Å². The summed E-state index contributed by atoms with van der Waals surface area (Å²) in [4.78, 5) is 43.0. The lowest BCUT2D eigenvalue weighted by Crippen LogP contribution is -2.30. The summed E-state index contributed by atoms with van der Waals surface area (Å²) in [6, 6.07) is 4.72. The predicted molar refractivity (Wildman–Crippen MR) is 119 cm³/mol. The van der Waals surface area contributed by atoms with E-state index in [-0.39, 0.29) is 12.2 Å². The van der Waals surface area contributed by atoms with E-state index in [2.05, 4.69) is 17.2 Å². The number of anilines is 1. The summed E-state index contributed by atoms with van der Waals surface area (Å²) in [5.74, 6) is -1.10. The maximum atomic E-state index is 12.8. The third-order valence-corrected chi connectivity index (χ3v) is 6.62. The van der Waals surface area contributed by atoms with Crippen molar-refractivity contribution in [1.29, 1.82) is 0 Å². The lowest BCUT2D eigenvalue weighted by atomic mass is 9.88. The largest absolute Gasteiger partial charge is 0.462 e. The fourth-order valence-electron chi connectivity index (χ4n) is 3.74. The molecule has 0 bridgehead atoms. The summed E-state index contributed by atoms with van der Waals surface area (Å²) >= 11 is 1.39. The highest BCUT2D eigenvalue weighted by Gasteiger charge is 2.30. The van der Waals surface area contributed by atoms with Crippen molar-refractivity contribution >= 4 is 45.3 Å². The molecule has 9 heteroatoms. The Morgan fingerprint density at radius 1 is 1.31 bits per heavy atom. The van der Waals surface area contributed by atoms with Crippen LogP contribution >= 0.6 is 11.3 Å². The first-order valence-corrected chi connectivity index (χ1v) is 11.4. The highest BCUT2D eigenvalue weighted by molar-refractivity contribution is 7.17. The second kappa shape index (κ2) is 9.12. The van der Waals surface area contributed by atoms with E-state index in [1.165, 1.54) is 30.7 Å². The summed E-state index contributed by atoms with van der Waals surface area (Å²) in [5, 5.41) is 3.22. The number of ether oxygens (including phenoxy) is 2. The number of aromatic nitrogens is 1. The molecular weight excluding hydrogens is 432 g/mol. The van der Waals surface area contributed by atoms with Gasteiger partial charge in [0.15, 0.2) is 18.1 Å². The zero-order valence-electron chi connectivity index (χ0n) is 18.1. The number of oxazole rings is 1. The Morgan fingerprint density at radius 3 is 2.91 bits per heavy atom. The van der Waals surface area contributed by atoms with Gasteiger partial charge in [0.2, 0.25) is 0 Å². The Labute approximate surface area is 188 Å². The monoisotopic (exact) mass is 456 g/mol. The Bertz CT molecular complexity index is 1180. The van der Waals surface area contributed by atoms with Gasteiger partial charge in [-0.3, -0.25) is 4.79 Å². The van der Waals surface area contributed by atoms with E-state index >= 15 is 0 Å². The number of nitrogens with one attached hydrogen (secondary N) is 1. The van der Waals surface area contributed by atoms with Crippen LogP contribution < -0.4 is 5.32 Å². The average Bonchev–Trinajstić information content (AvgIpc) is 3.36. The van der Waals surface area contributed by atoms with E-state index < -0.39 is 23.9 Å². The summed E-state index contributed by atoms with van der Waals surface area (Å²) in [6.07, 6.45) is 2.83. The van der Waals surface area contributed by atoms with E-state index in [1.807, 2.05) is 0 Å². The van der Waals surface area contributed by atoms with Gasteiger partial charge >= 0.3 is 11.9 Å². The molecule has 3 aromatic rings. The molecule has 1 amide bonds. The standard InChI is InChI=1S/C23H24N2O6S/c1-4-29-23(28)19-15-7-5-12(2)9-18(15)32-21(19)25-20(26)13(3)31-22(27)14-6-8-16-17(10-14)30-11-24-16/h6,8,10-13H,4-5,7,9H2,1-3H3,(H,25,26).